The molecule has 2 aromatic rings. The Morgan fingerprint density at radius 1 is 1.32 bits per heavy atom. The zero-order valence-electron chi connectivity index (χ0n) is 10.9. The molecule has 1 aromatic carbocycles. The molecule has 1 aromatic heterocycles. The van der Waals surface area contributed by atoms with E-state index in [1.807, 2.05) is 31.2 Å². The quantitative estimate of drug-likeness (QED) is 0.914. The van der Waals surface area contributed by atoms with Crippen LogP contribution in [0.25, 0.3) is 0 Å². The summed E-state index contributed by atoms with van der Waals surface area (Å²) >= 11 is 0. The van der Waals surface area contributed by atoms with E-state index in [-0.39, 0.29) is 6.10 Å². The largest absolute Gasteiger partial charge is 0.423 e. The van der Waals surface area contributed by atoms with E-state index < -0.39 is 0 Å². The molecule has 1 aliphatic heterocycles. The molecule has 2 heterocycles. The van der Waals surface area contributed by atoms with Gasteiger partial charge in [0, 0.05) is 24.2 Å². The highest BCUT2D eigenvalue weighted by molar-refractivity contribution is 5.56. The summed E-state index contributed by atoms with van der Waals surface area (Å²) in [5.74, 6) is 1.29. The molecule has 1 atom stereocenters. The number of nitrogens with zero attached hydrogens (tertiary/aromatic N) is 3. The van der Waals surface area contributed by atoms with E-state index in [2.05, 4.69) is 15.1 Å². The molecule has 0 amide bonds. The first kappa shape index (κ1) is 12.2. The number of aliphatic hydroxyl groups excluding tert-OH is 1. The third-order valence-corrected chi connectivity index (χ3v) is 3.45. The summed E-state index contributed by atoms with van der Waals surface area (Å²) in [4.78, 5) is 2.18. The second-order valence-corrected chi connectivity index (χ2v) is 4.73. The summed E-state index contributed by atoms with van der Waals surface area (Å²) in [7, 11) is 0. The highest BCUT2D eigenvalue weighted by Gasteiger charge is 2.24. The molecule has 5 nitrogen and oxygen atoms in total. The monoisotopic (exact) mass is 259 g/mol. The van der Waals surface area contributed by atoms with Crippen LogP contribution in [-0.2, 0) is 13.0 Å². The number of para-hydroxylation sites is 1. The van der Waals surface area contributed by atoms with Crippen molar-refractivity contribution in [3.05, 3.63) is 41.6 Å². The second-order valence-electron chi connectivity index (χ2n) is 4.73. The van der Waals surface area contributed by atoms with E-state index in [9.17, 15) is 5.11 Å². The van der Waals surface area contributed by atoms with Gasteiger partial charge in [-0.2, -0.15) is 0 Å². The van der Waals surface area contributed by atoms with E-state index in [1.54, 1.807) is 0 Å². The molecule has 1 aliphatic rings. The van der Waals surface area contributed by atoms with Crippen molar-refractivity contribution in [1.29, 1.82) is 0 Å². The first-order valence-corrected chi connectivity index (χ1v) is 6.61. The van der Waals surface area contributed by atoms with E-state index in [4.69, 9.17) is 4.42 Å². The van der Waals surface area contributed by atoms with Gasteiger partial charge in [-0.1, -0.05) is 25.1 Å². The molecule has 3 rings (SSSR count). The number of aromatic nitrogens is 2. The van der Waals surface area contributed by atoms with Crippen molar-refractivity contribution in [2.75, 3.05) is 11.4 Å². The van der Waals surface area contributed by atoms with Crippen LogP contribution in [0.2, 0.25) is 0 Å². The topological polar surface area (TPSA) is 62.4 Å². The van der Waals surface area contributed by atoms with Crippen molar-refractivity contribution in [2.45, 2.75) is 32.4 Å². The Labute approximate surface area is 111 Å². The molecule has 1 N–H and O–H groups in total. The Kier molecular flexibility index (Phi) is 3.21. The average molecular weight is 259 g/mol. The van der Waals surface area contributed by atoms with Crippen molar-refractivity contribution < 1.29 is 9.52 Å². The van der Waals surface area contributed by atoms with Gasteiger partial charge in [0.05, 0.1) is 12.6 Å². The molecule has 0 bridgehead atoms. The lowest BCUT2D eigenvalue weighted by molar-refractivity contribution is 0.163. The Morgan fingerprint density at radius 3 is 2.89 bits per heavy atom. The van der Waals surface area contributed by atoms with Gasteiger partial charge in [-0.15, -0.1) is 10.2 Å². The maximum atomic E-state index is 10.0. The third-order valence-electron chi connectivity index (χ3n) is 3.45. The molecule has 0 aliphatic carbocycles. The van der Waals surface area contributed by atoms with Crippen LogP contribution in [0.3, 0.4) is 0 Å². The first-order valence-electron chi connectivity index (χ1n) is 6.61. The fourth-order valence-corrected chi connectivity index (χ4v) is 2.43. The second kappa shape index (κ2) is 5.01. The molecule has 0 fully saturated rings. The predicted octanol–water partition coefficient (Wildman–Crippen LogP) is 2.08. The van der Waals surface area contributed by atoms with Gasteiger partial charge < -0.3 is 14.4 Å². The summed E-state index contributed by atoms with van der Waals surface area (Å²) < 4.78 is 5.55. The Hall–Kier alpha value is -1.88. The number of hydrogen-bond donors (Lipinski definition) is 1. The highest BCUT2D eigenvalue weighted by atomic mass is 16.4. The van der Waals surface area contributed by atoms with Crippen LogP contribution < -0.4 is 4.90 Å². The van der Waals surface area contributed by atoms with Crippen LogP contribution in [0.4, 0.5) is 5.69 Å². The minimum absolute atomic E-state index is 0.374. The van der Waals surface area contributed by atoms with Crippen LogP contribution in [0.1, 0.15) is 36.8 Å². The maximum absolute atomic E-state index is 10.0. The van der Waals surface area contributed by atoms with Crippen molar-refractivity contribution in [2.24, 2.45) is 0 Å². The third kappa shape index (κ3) is 2.33. The SMILES string of the molecule is CCc1nnc(CN2CCC(O)c3ccccc32)o1. The fourth-order valence-electron chi connectivity index (χ4n) is 2.43. The number of hydrogen-bond acceptors (Lipinski definition) is 5. The van der Waals surface area contributed by atoms with Crippen LogP contribution in [0.5, 0.6) is 0 Å². The summed E-state index contributed by atoms with van der Waals surface area (Å²) in [5, 5.41) is 18.0. The standard InChI is InChI=1S/C14H17N3O2/c1-2-13-15-16-14(19-13)9-17-8-7-12(18)10-5-3-4-6-11(10)17/h3-6,12,18H,2,7-9H2,1H3. The smallest absolute Gasteiger partial charge is 0.235 e. The zero-order chi connectivity index (χ0) is 13.2. The Morgan fingerprint density at radius 2 is 2.11 bits per heavy atom. The molecule has 100 valence electrons. The van der Waals surface area contributed by atoms with Crippen molar-refractivity contribution in [3.8, 4) is 0 Å². The number of aryl methyl sites for hydroxylation is 1. The minimum atomic E-state index is -0.374. The van der Waals surface area contributed by atoms with Gasteiger partial charge in [-0.3, -0.25) is 0 Å². The summed E-state index contributed by atoms with van der Waals surface area (Å²) in [6.45, 7) is 3.38. The lowest BCUT2D eigenvalue weighted by Gasteiger charge is -2.32. The maximum Gasteiger partial charge on any atom is 0.235 e. The highest BCUT2D eigenvalue weighted by Crippen LogP contribution is 2.34. The number of rotatable bonds is 3. The van der Waals surface area contributed by atoms with Crippen molar-refractivity contribution >= 4 is 5.69 Å². The van der Waals surface area contributed by atoms with Gasteiger partial charge in [0.2, 0.25) is 11.8 Å². The Bertz CT molecular complexity index is 567. The molecule has 0 saturated carbocycles. The van der Waals surface area contributed by atoms with E-state index >= 15 is 0 Å². The van der Waals surface area contributed by atoms with Crippen molar-refractivity contribution in [1.82, 2.24) is 10.2 Å². The molecule has 0 radical (unpaired) electrons. The average Bonchev–Trinajstić information content (AvgIpc) is 2.90. The summed E-state index contributed by atoms with van der Waals surface area (Å²) in [5.41, 5.74) is 2.03. The lowest BCUT2D eigenvalue weighted by Crippen LogP contribution is -2.30. The molecule has 0 spiro atoms. The molecule has 0 saturated heterocycles. The Balaban J connectivity index is 1.84. The molecule has 1 unspecified atom stereocenters. The zero-order valence-corrected chi connectivity index (χ0v) is 10.9. The number of benzene rings is 1. The number of fused-ring (bicyclic) bond motifs is 1. The van der Waals surface area contributed by atoms with E-state index in [0.717, 1.165) is 30.6 Å². The summed E-state index contributed by atoms with van der Waals surface area (Å²) in [6, 6.07) is 7.93. The van der Waals surface area contributed by atoms with Crippen LogP contribution in [-0.4, -0.2) is 21.8 Å². The van der Waals surface area contributed by atoms with E-state index in [1.165, 1.54) is 0 Å². The number of anilines is 1. The lowest BCUT2D eigenvalue weighted by atomic mass is 9.99. The minimum Gasteiger partial charge on any atom is -0.423 e. The molecular weight excluding hydrogens is 242 g/mol. The van der Waals surface area contributed by atoms with Gasteiger partial charge in [-0.25, -0.2) is 0 Å². The van der Waals surface area contributed by atoms with Gasteiger partial charge in [-0.05, 0) is 12.5 Å². The predicted molar refractivity (Wildman–Crippen MR) is 70.7 cm³/mol. The normalized spacial score (nSPS) is 18.4. The number of aliphatic hydroxyl groups is 1. The molecule has 19 heavy (non-hydrogen) atoms. The van der Waals surface area contributed by atoms with Crippen LogP contribution in [0, 0.1) is 0 Å². The first-order chi connectivity index (χ1) is 9.28. The summed E-state index contributed by atoms with van der Waals surface area (Å²) in [6.07, 6.45) is 1.11. The fraction of sp³-hybridized carbons (Fsp3) is 0.429. The van der Waals surface area contributed by atoms with E-state index in [0.29, 0.717) is 18.3 Å². The molecule has 5 heteroatoms. The van der Waals surface area contributed by atoms with Gasteiger partial charge in [0.1, 0.15) is 0 Å². The van der Waals surface area contributed by atoms with Crippen molar-refractivity contribution in [3.63, 3.8) is 0 Å². The van der Waals surface area contributed by atoms with Gasteiger partial charge in [0.25, 0.3) is 0 Å². The van der Waals surface area contributed by atoms with Gasteiger partial charge in [0.15, 0.2) is 0 Å². The van der Waals surface area contributed by atoms with Crippen LogP contribution >= 0.6 is 0 Å². The van der Waals surface area contributed by atoms with Gasteiger partial charge >= 0.3 is 0 Å². The molecular formula is C14H17N3O2. The van der Waals surface area contributed by atoms with Crippen LogP contribution in [0.15, 0.2) is 28.7 Å².